The first-order valence-corrected chi connectivity index (χ1v) is 8.89. The van der Waals surface area contributed by atoms with Crippen molar-refractivity contribution in [2.75, 3.05) is 11.6 Å². The van der Waals surface area contributed by atoms with E-state index in [2.05, 4.69) is 26.5 Å². The number of nitriles is 1. The van der Waals surface area contributed by atoms with Crippen molar-refractivity contribution in [1.29, 1.82) is 5.26 Å². The molecule has 1 N–H and O–H groups in total. The molecule has 3 rings (SSSR count). The Hall–Kier alpha value is -2.59. The average molecular weight is 338 g/mol. The van der Waals surface area contributed by atoms with Crippen LogP contribution in [0.3, 0.4) is 0 Å². The summed E-state index contributed by atoms with van der Waals surface area (Å²) in [6.07, 6.45) is 1.90. The largest absolute Gasteiger partial charge is 0.365 e. The first-order valence-electron chi connectivity index (χ1n) is 7.66. The summed E-state index contributed by atoms with van der Waals surface area (Å²) < 4.78 is 1.64. The van der Waals surface area contributed by atoms with Crippen molar-refractivity contribution in [3.8, 4) is 6.07 Å². The molecule has 0 fully saturated rings. The lowest BCUT2D eigenvalue weighted by Gasteiger charge is -2.11. The van der Waals surface area contributed by atoms with Gasteiger partial charge >= 0.3 is 0 Å². The predicted molar refractivity (Wildman–Crippen MR) is 95.1 cm³/mol. The Morgan fingerprint density at radius 3 is 2.62 bits per heavy atom. The molecule has 2 heterocycles. The van der Waals surface area contributed by atoms with Gasteiger partial charge in [-0.2, -0.15) is 14.8 Å². The Labute approximate surface area is 144 Å². The van der Waals surface area contributed by atoms with Crippen LogP contribution in [0.4, 0.5) is 5.82 Å². The Kier molecular flexibility index (Phi) is 4.67. The maximum Gasteiger partial charge on any atom is 0.255 e. The number of benzene rings is 1. The lowest BCUT2D eigenvalue weighted by Crippen LogP contribution is -2.10. The first kappa shape index (κ1) is 16.3. The molecule has 0 amide bonds. The molecular formula is C17H18N6S. The van der Waals surface area contributed by atoms with Crippen molar-refractivity contribution in [2.45, 2.75) is 31.3 Å². The van der Waals surface area contributed by atoms with E-state index in [9.17, 15) is 5.26 Å². The Bertz CT molecular complexity index is 895. The van der Waals surface area contributed by atoms with Gasteiger partial charge < -0.3 is 5.32 Å². The van der Waals surface area contributed by atoms with Crippen molar-refractivity contribution >= 4 is 23.4 Å². The van der Waals surface area contributed by atoms with Crippen molar-refractivity contribution in [1.82, 2.24) is 19.6 Å². The molecule has 0 spiro atoms. The standard InChI is InChI=1S/C17H18N6S/c1-11(2)14-20-17-21-16(24-3)13(9-18)15(23(17)22-14)19-10-12-7-5-4-6-8-12/h4-8,11,19H,10H2,1-3H3. The summed E-state index contributed by atoms with van der Waals surface area (Å²) in [6, 6.07) is 12.3. The van der Waals surface area contributed by atoms with E-state index in [-0.39, 0.29) is 5.92 Å². The van der Waals surface area contributed by atoms with Crippen LogP contribution in [0, 0.1) is 11.3 Å². The summed E-state index contributed by atoms with van der Waals surface area (Å²) in [5.74, 6) is 2.05. The molecule has 0 aliphatic carbocycles. The van der Waals surface area contributed by atoms with E-state index in [1.807, 2.05) is 50.4 Å². The third kappa shape index (κ3) is 3.05. The van der Waals surface area contributed by atoms with Gasteiger partial charge in [-0.05, 0) is 11.8 Å². The van der Waals surface area contributed by atoms with E-state index in [4.69, 9.17) is 0 Å². The Morgan fingerprint density at radius 2 is 2.00 bits per heavy atom. The monoisotopic (exact) mass is 338 g/mol. The van der Waals surface area contributed by atoms with Crippen molar-refractivity contribution < 1.29 is 0 Å². The normalized spacial score (nSPS) is 11.0. The van der Waals surface area contributed by atoms with Gasteiger partial charge in [-0.15, -0.1) is 16.9 Å². The highest BCUT2D eigenvalue weighted by molar-refractivity contribution is 7.98. The molecule has 3 aromatic rings. The summed E-state index contributed by atoms with van der Waals surface area (Å²) in [7, 11) is 0. The minimum absolute atomic E-state index is 0.192. The molecule has 0 radical (unpaired) electrons. The number of fused-ring (bicyclic) bond motifs is 1. The summed E-state index contributed by atoms with van der Waals surface area (Å²) in [5, 5.41) is 18.1. The van der Waals surface area contributed by atoms with Crippen LogP contribution < -0.4 is 5.32 Å². The highest BCUT2D eigenvalue weighted by Crippen LogP contribution is 2.26. The smallest absolute Gasteiger partial charge is 0.255 e. The second-order valence-corrected chi connectivity index (χ2v) is 6.43. The van der Waals surface area contributed by atoms with Gasteiger partial charge in [-0.3, -0.25) is 0 Å². The van der Waals surface area contributed by atoms with E-state index >= 15 is 0 Å². The lowest BCUT2D eigenvalue weighted by molar-refractivity contribution is 0.764. The molecule has 0 saturated heterocycles. The van der Waals surface area contributed by atoms with Crippen LogP contribution in [0.1, 0.15) is 36.7 Å². The van der Waals surface area contributed by atoms with Crippen LogP contribution in [0.25, 0.3) is 5.78 Å². The topological polar surface area (TPSA) is 78.9 Å². The molecule has 7 heteroatoms. The van der Waals surface area contributed by atoms with Crippen molar-refractivity contribution in [3.05, 3.63) is 47.3 Å². The summed E-state index contributed by atoms with van der Waals surface area (Å²) in [5.41, 5.74) is 1.62. The van der Waals surface area contributed by atoms with E-state index < -0.39 is 0 Å². The predicted octanol–water partition coefficient (Wildman–Crippen LogP) is 3.45. The Morgan fingerprint density at radius 1 is 1.25 bits per heavy atom. The second kappa shape index (κ2) is 6.89. The Balaban J connectivity index is 2.09. The number of hydrogen-bond donors (Lipinski definition) is 1. The first-order chi connectivity index (χ1) is 11.6. The van der Waals surface area contributed by atoms with Gasteiger partial charge in [0.15, 0.2) is 11.6 Å². The number of nitrogens with zero attached hydrogens (tertiary/aromatic N) is 5. The second-order valence-electron chi connectivity index (χ2n) is 5.63. The van der Waals surface area contributed by atoms with Gasteiger partial charge in [-0.25, -0.2) is 4.98 Å². The average Bonchev–Trinajstić information content (AvgIpc) is 3.03. The fraction of sp³-hybridized carbons (Fsp3) is 0.294. The zero-order valence-corrected chi connectivity index (χ0v) is 14.6. The minimum Gasteiger partial charge on any atom is -0.365 e. The quantitative estimate of drug-likeness (QED) is 0.567. The van der Waals surface area contributed by atoms with Crippen LogP contribution >= 0.6 is 11.8 Å². The molecule has 2 aromatic heterocycles. The number of thioether (sulfide) groups is 1. The SMILES string of the molecule is CSc1nc2nc(C(C)C)nn2c(NCc2ccccc2)c1C#N. The van der Waals surface area contributed by atoms with Crippen LogP contribution in [0.5, 0.6) is 0 Å². The molecule has 122 valence electrons. The van der Waals surface area contributed by atoms with Crippen LogP contribution in [0.2, 0.25) is 0 Å². The van der Waals surface area contributed by atoms with E-state index in [0.717, 1.165) is 5.56 Å². The summed E-state index contributed by atoms with van der Waals surface area (Å²) >= 11 is 1.43. The van der Waals surface area contributed by atoms with Gasteiger partial charge in [0.2, 0.25) is 0 Å². The van der Waals surface area contributed by atoms with Gasteiger partial charge in [-0.1, -0.05) is 44.2 Å². The highest BCUT2D eigenvalue weighted by Gasteiger charge is 2.19. The number of hydrogen-bond acceptors (Lipinski definition) is 6. The maximum atomic E-state index is 9.60. The zero-order chi connectivity index (χ0) is 17.1. The number of nitrogens with one attached hydrogen (secondary N) is 1. The van der Waals surface area contributed by atoms with Crippen LogP contribution in [-0.2, 0) is 6.54 Å². The van der Waals surface area contributed by atoms with E-state index in [1.54, 1.807) is 4.52 Å². The summed E-state index contributed by atoms with van der Waals surface area (Å²) in [6.45, 7) is 4.67. The van der Waals surface area contributed by atoms with Gasteiger partial charge in [0.1, 0.15) is 16.7 Å². The van der Waals surface area contributed by atoms with Crippen LogP contribution in [-0.4, -0.2) is 25.8 Å². The molecule has 0 atom stereocenters. The van der Waals surface area contributed by atoms with Gasteiger partial charge in [0.05, 0.1) is 0 Å². The molecule has 6 nitrogen and oxygen atoms in total. The lowest BCUT2D eigenvalue weighted by atomic mass is 10.2. The summed E-state index contributed by atoms with van der Waals surface area (Å²) in [4.78, 5) is 8.96. The number of anilines is 1. The molecule has 1 aromatic carbocycles. The van der Waals surface area contributed by atoms with Gasteiger partial charge in [0.25, 0.3) is 5.78 Å². The third-order valence-corrected chi connectivity index (χ3v) is 4.28. The molecule has 0 aliphatic rings. The maximum absolute atomic E-state index is 9.60. The minimum atomic E-state index is 0.192. The molecule has 0 saturated carbocycles. The molecule has 0 aliphatic heterocycles. The number of aromatic nitrogens is 4. The van der Waals surface area contributed by atoms with E-state index in [1.165, 1.54) is 11.8 Å². The molecular weight excluding hydrogens is 320 g/mol. The van der Waals surface area contributed by atoms with E-state index in [0.29, 0.717) is 34.6 Å². The van der Waals surface area contributed by atoms with Crippen molar-refractivity contribution in [2.24, 2.45) is 0 Å². The fourth-order valence-corrected chi connectivity index (χ4v) is 2.85. The fourth-order valence-electron chi connectivity index (χ4n) is 2.33. The molecule has 0 unspecified atom stereocenters. The molecule has 24 heavy (non-hydrogen) atoms. The van der Waals surface area contributed by atoms with Crippen molar-refractivity contribution in [3.63, 3.8) is 0 Å². The van der Waals surface area contributed by atoms with Gasteiger partial charge in [0, 0.05) is 12.5 Å². The molecule has 0 bridgehead atoms. The zero-order valence-electron chi connectivity index (χ0n) is 13.8. The highest BCUT2D eigenvalue weighted by atomic mass is 32.2. The van der Waals surface area contributed by atoms with Crippen LogP contribution in [0.15, 0.2) is 35.4 Å². The third-order valence-electron chi connectivity index (χ3n) is 3.59. The number of rotatable bonds is 5.